The van der Waals surface area contributed by atoms with E-state index in [1.807, 2.05) is 24.3 Å². The molecule has 5 heteroatoms. The lowest BCUT2D eigenvalue weighted by molar-refractivity contribution is 0.228. The van der Waals surface area contributed by atoms with Crippen molar-refractivity contribution in [3.63, 3.8) is 0 Å². The van der Waals surface area contributed by atoms with E-state index in [4.69, 9.17) is 16.3 Å². The molecule has 1 heterocycles. The first kappa shape index (κ1) is 12.6. The number of hydrogen-bond donors (Lipinski definition) is 0. The molecule has 1 fully saturated rings. The standard InChI is InChI=1S/C14H16ClN3O/c1-18(10-6-7-10)8-9-19-13-11-4-2-3-5-12(11)16-14(15)17-13/h2-5,10H,6-9H2,1H3. The van der Waals surface area contributed by atoms with Crippen LogP contribution in [0.15, 0.2) is 24.3 Å². The molecule has 1 aromatic heterocycles. The Morgan fingerprint density at radius 2 is 2.11 bits per heavy atom. The van der Waals surface area contributed by atoms with Crippen LogP contribution in [0.1, 0.15) is 12.8 Å². The maximum absolute atomic E-state index is 5.91. The molecule has 1 saturated carbocycles. The molecule has 100 valence electrons. The van der Waals surface area contributed by atoms with Gasteiger partial charge < -0.3 is 9.64 Å². The molecular formula is C14H16ClN3O. The molecule has 0 aliphatic heterocycles. The number of nitrogens with zero attached hydrogens (tertiary/aromatic N) is 3. The summed E-state index contributed by atoms with van der Waals surface area (Å²) in [6.07, 6.45) is 2.61. The molecule has 19 heavy (non-hydrogen) atoms. The average molecular weight is 278 g/mol. The molecule has 1 aromatic carbocycles. The quantitative estimate of drug-likeness (QED) is 0.788. The second kappa shape index (κ2) is 5.31. The summed E-state index contributed by atoms with van der Waals surface area (Å²) >= 11 is 5.91. The van der Waals surface area contributed by atoms with Crippen molar-refractivity contribution in [2.75, 3.05) is 20.2 Å². The van der Waals surface area contributed by atoms with E-state index in [9.17, 15) is 0 Å². The monoisotopic (exact) mass is 277 g/mol. The molecule has 3 rings (SSSR count). The first-order chi connectivity index (χ1) is 9.24. The van der Waals surface area contributed by atoms with Gasteiger partial charge in [0.1, 0.15) is 6.61 Å². The van der Waals surface area contributed by atoms with Crippen molar-refractivity contribution in [2.24, 2.45) is 0 Å². The number of halogens is 1. The molecule has 1 aliphatic carbocycles. The average Bonchev–Trinajstić information content (AvgIpc) is 3.22. The van der Waals surface area contributed by atoms with E-state index in [0.717, 1.165) is 23.5 Å². The topological polar surface area (TPSA) is 38.2 Å². The van der Waals surface area contributed by atoms with Crippen LogP contribution < -0.4 is 4.74 Å². The first-order valence-corrected chi connectivity index (χ1v) is 6.87. The lowest BCUT2D eigenvalue weighted by atomic mass is 10.2. The van der Waals surface area contributed by atoms with Crippen molar-refractivity contribution in [1.82, 2.24) is 14.9 Å². The highest BCUT2D eigenvalue weighted by Crippen LogP contribution is 2.26. The smallest absolute Gasteiger partial charge is 0.226 e. The second-order valence-corrected chi connectivity index (χ2v) is 5.21. The molecule has 0 bridgehead atoms. The molecular weight excluding hydrogens is 262 g/mol. The van der Waals surface area contributed by atoms with Gasteiger partial charge in [-0.3, -0.25) is 0 Å². The normalized spacial score (nSPS) is 15.1. The van der Waals surface area contributed by atoms with Crippen LogP contribution in [-0.2, 0) is 0 Å². The van der Waals surface area contributed by atoms with Crippen molar-refractivity contribution in [2.45, 2.75) is 18.9 Å². The number of benzene rings is 1. The van der Waals surface area contributed by atoms with E-state index in [-0.39, 0.29) is 5.28 Å². The van der Waals surface area contributed by atoms with Crippen LogP contribution in [0.5, 0.6) is 5.88 Å². The minimum absolute atomic E-state index is 0.226. The van der Waals surface area contributed by atoms with Gasteiger partial charge in [-0.15, -0.1) is 0 Å². The molecule has 2 aromatic rings. The lowest BCUT2D eigenvalue weighted by Gasteiger charge is -2.16. The van der Waals surface area contributed by atoms with Crippen molar-refractivity contribution in [3.05, 3.63) is 29.5 Å². The van der Waals surface area contributed by atoms with Crippen LogP contribution in [0.3, 0.4) is 0 Å². The summed E-state index contributed by atoms with van der Waals surface area (Å²) in [6.45, 7) is 1.52. The Hall–Kier alpha value is -1.39. The van der Waals surface area contributed by atoms with E-state index >= 15 is 0 Å². The molecule has 0 N–H and O–H groups in total. The molecule has 4 nitrogen and oxygen atoms in total. The Labute approximate surface area is 117 Å². The molecule has 0 spiro atoms. The Morgan fingerprint density at radius 1 is 1.32 bits per heavy atom. The van der Waals surface area contributed by atoms with Gasteiger partial charge in [-0.25, -0.2) is 4.98 Å². The highest BCUT2D eigenvalue weighted by molar-refractivity contribution is 6.28. The third kappa shape index (κ3) is 2.96. The first-order valence-electron chi connectivity index (χ1n) is 6.49. The fourth-order valence-electron chi connectivity index (χ4n) is 2.11. The van der Waals surface area contributed by atoms with Gasteiger partial charge in [-0.2, -0.15) is 4.98 Å². The van der Waals surface area contributed by atoms with E-state index in [0.29, 0.717) is 12.5 Å². The molecule has 0 amide bonds. The second-order valence-electron chi connectivity index (χ2n) is 4.88. The molecule has 0 radical (unpaired) electrons. The van der Waals surface area contributed by atoms with Gasteiger partial charge in [0.2, 0.25) is 11.2 Å². The van der Waals surface area contributed by atoms with E-state index in [1.165, 1.54) is 12.8 Å². The van der Waals surface area contributed by atoms with Gasteiger partial charge in [0.15, 0.2) is 0 Å². The fourth-order valence-corrected chi connectivity index (χ4v) is 2.28. The SMILES string of the molecule is CN(CCOc1nc(Cl)nc2ccccc12)C1CC1. The highest BCUT2D eigenvalue weighted by atomic mass is 35.5. The number of fused-ring (bicyclic) bond motifs is 1. The van der Waals surface area contributed by atoms with Crippen LogP contribution in [0.25, 0.3) is 10.9 Å². The Kier molecular flexibility index (Phi) is 3.53. The predicted molar refractivity (Wildman–Crippen MR) is 75.7 cm³/mol. The zero-order valence-corrected chi connectivity index (χ0v) is 11.6. The largest absolute Gasteiger partial charge is 0.476 e. The minimum Gasteiger partial charge on any atom is -0.476 e. The number of rotatable bonds is 5. The van der Waals surface area contributed by atoms with Gasteiger partial charge in [0.05, 0.1) is 10.9 Å². The van der Waals surface area contributed by atoms with Gasteiger partial charge in [-0.05, 0) is 43.6 Å². The zero-order valence-electron chi connectivity index (χ0n) is 10.8. The van der Waals surface area contributed by atoms with Crippen LogP contribution in [0.2, 0.25) is 5.28 Å². The Morgan fingerprint density at radius 3 is 2.89 bits per heavy atom. The summed E-state index contributed by atoms with van der Waals surface area (Å²) in [4.78, 5) is 10.7. The van der Waals surface area contributed by atoms with Crippen LogP contribution >= 0.6 is 11.6 Å². The van der Waals surface area contributed by atoms with Crippen molar-refractivity contribution in [3.8, 4) is 5.88 Å². The van der Waals surface area contributed by atoms with Gasteiger partial charge in [-0.1, -0.05) is 12.1 Å². The molecule has 0 unspecified atom stereocenters. The van der Waals surface area contributed by atoms with E-state index in [1.54, 1.807) is 0 Å². The van der Waals surface area contributed by atoms with Crippen LogP contribution in [-0.4, -0.2) is 41.1 Å². The summed E-state index contributed by atoms with van der Waals surface area (Å²) in [6, 6.07) is 8.48. The summed E-state index contributed by atoms with van der Waals surface area (Å²) in [5, 5.41) is 1.13. The number of para-hydroxylation sites is 1. The summed E-state index contributed by atoms with van der Waals surface area (Å²) in [5.74, 6) is 0.569. The third-order valence-corrected chi connectivity index (χ3v) is 3.56. The van der Waals surface area contributed by atoms with Gasteiger partial charge in [0, 0.05) is 12.6 Å². The Balaban J connectivity index is 1.72. The van der Waals surface area contributed by atoms with Crippen molar-refractivity contribution in [1.29, 1.82) is 0 Å². The molecule has 0 saturated heterocycles. The Bertz CT molecular complexity index is 586. The van der Waals surface area contributed by atoms with Gasteiger partial charge >= 0.3 is 0 Å². The molecule has 1 aliphatic rings. The lowest BCUT2D eigenvalue weighted by Crippen LogP contribution is -2.26. The van der Waals surface area contributed by atoms with E-state index < -0.39 is 0 Å². The third-order valence-electron chi connectivity index (χ3n) is 3.39. The number of ether oxygens (including phenoxy) is 1. The highest BCUT2D eigenvalue weighted by Gasteiger charge is 2.25. The van der Waals surface area contributed by atoms with Gasteiger partial charge in [0.25, 0.3) is 0 Å². The number of likely N-dealkylation sites (N-methyl/N-ethyl adjacent to an activating group) is 1. The maximum atomic E-state index is 5.91. The number of aromatic nitrogens is 2. The van der Waals surface area contributed by atoms with Crippen LogP contribution in [0, 0.1) is 0 Å². The van der Waals surface area contributed by atoms with Crippen molar-refractivity contribution >= 4 is 22.5 Å². The molecule has 0 atom stereocenters. The zero-order chi connectivity index (χ0) is 13.2. The summed E-state index contributed by atoms with van der Waals surface area (Å²) in [7, 11) is 2.13. The minimum atomic E-state index is 0.226. The predicted octanol–water partition coefficient (Wildman–Crippen LogP) is 2.76. The summed E-state index contributed by atoms with van der Waals surface area (Å²) < 4.78 is 5.77. The van der Waals surface area contributed by atoms with Crippen molar-refractivity contribution < 1.29 is 4.74 Å². The van der Waals surface area contributed by atoms with E-state index in [2.05, 4.69) is 21.9 Å². The number of hydrogen-bond acceptors (Lipinski definition) is 4. The summed E-state index contributed by atoms with van der Waals surface area (Å²) in [5.41, 5.74) is 0.813. The fraction of sp³-hybridized carbons (Fsp3) is 0.429. The van der Waals surface area contributed by atoms with Crippen LogP contribution in [0.4, 0.5) is 0 Å². The maximum Gasteiger partial charge on any atom is 0.226 e.